The first-order chi connectivity index (χ1) is 11.7. The van der Waals surface area contributed by atoms with E-state index < -0.39 is 0 Å². The van der Waals surface area contributed by atoms with Crippen LogP contribution < -0.4 is 5.32 Å². The van der Waals surface area contributed by atoms with E-state index in [1.54, 1.807) is 0 Å². The van der Waals surface area contributed by atoms with Crippen molar-refractivity contribution in [1.82, 2.24) is 10.2 Å². The largest absolute Gasteiger partial charge is 0.355 e. The fraction of sp³-hybridized carbons (Fsp3) is 0.600. The third-order valence-electron chi connectivity index (χ3n) is 5.58. The van der Waals surface area contributed by atoms with Gasteiger partial charge >= 0.3 is 0 Å². The van der Waals surface area contributed by atoms with E-state index in [4.69, 9.17) is 0 Å². The smallest absolute Gasteiger partial charge is 0.225 e. The van der Waals surface area contributed by atoms with Gasteiger partial charge in [0.05, 0.1) is 5.92 Å². The number of rotatable bonds is 6. The highest BCUT2D eigenvalue weighted by Gasteiger charge is 2.38. The first-order valence-electron chi connectivity index (χ1n) is 9.31. The third kappa shape index (κ3) is 3.80. The van der Waals surface area contributed by atoms with E-state index >= 15 is 0 Å². The molecule has 2 aliphatic rings. The molecule has 2 amide bonds. The van der Waals surface area contributed by atoms with Gasteiger partial charge in [-0.2, -0.15) is 0 Å². The van der Waals surface area contributed by atoms with Gasteiger partial charge in [0, 0.05) is 31.5 Å². The van der Waals surface area contributed by atoms with E-state index in [0.717, 1.165) is 19.3 Å². The number of nitrogens with one attached hydrogen (secondary N) is 1. The summed E-state index contributed by atoms with van der Waals surface area (Å²) in [4.78, 5) is 26.7. The van der Waals surface area contributed by atoms with Gasteiger partial charge in [0.25, 0.3) is 0 Å². The molecule has 24 heavy (non-hydrogen) atoms. The topological polar surface area (TPSA) is 49.4 Å². The number of benzene rings is 1. The van der Waals surface area contributed by atoms with Crippen LogP contribution in [0.3, 0.4) is 0 Å². The maximum absolute atomic E-state index is 12.5. The number of hydrogen-bond acceptors (Lipinski definition) is 2. The lowest BCUT2D eigenvalue weighted by atomic mass is 9.96. The second kappa shape index (κ2) is 7.82. The minimum atomic E-state index is -0.175. The van der Waals surface area contributed by atoms with Crippen molar-refractivity contribution in [2.24, 2.45) is 5.92 Å². The van der Waals surface area contributed by atoms with Crippen LogP contribution >= 0.6 is 0 Å². The summed E-state index contributed by atoms with van der Waals surface area (Å²) in [6.07, 6.45) is 5.99. The van der Waals surface area contributed by atoms with Crippen LogP contribution in [0.4, 0.5) is 0 Å². The van der Waals surface area contributed by atoms with Crippen molar-refractivity contribution in [3.05, 3.63) is 35.9 Å². The number of likely N-dealkylation sites (tertiary alicyclic amines) is 1. The molecule has 4 heteroatoms. The molecule has 0 bridgehead atoms. The fourth-order valence-electron chi connectivity index (χ4n) is 4.07. The molecule has 1 N–H and O–H groups in total. The molecular formula is C20H28N2O2. The van der Waals surface area contributed by atoms with Crippen molar-refractivity contribution in [2.75, 3.05) is 13.1 Å². The van der Waals surface area contributed by atoms with Crippen LogP contribution in [0.15, 0.2) is 30.3 Å². The first kappa shape index (κ1) is 17.0. The van der Waals surface area contributed by atoms with E-state index in [9.17, 15) is 9.59 Å². The molecule has 0 unspecified atom stereocenters. The van der Waals surface area contributed by atoms with Gasteiger partial charge in [-0.1, -0.05) is 50.1 Å². The molecule has 2 fully saturated rings. The summed E-state index contributed by atoms with van der Waals surface area (Å²) < 4.78 is 0. The molecule has 130 valence electrons. The molecule has 1 saturated heterocycles. The van der Waals surface area contributed by atoms with E-state index in [0.29, 0.717) is 31.5 Å². The Bertz CT molecular complexity index is 566. The number of amides is 2. The molecule has 3 rings (SSSR count). The summed E-state index contributed by atoms with van der Waals surface area (Å²) in [6.45, 7) is 3.40. The molecule has 2 atom stereocenters. The summed E-state index contributed by atoms with van der Waals surface area (Å²) in [5.74, 6) is 0.361. The molecule has 4 nitrogen and oxygen atoms in total. The van der Waals surface area contributed by atoms with Crippen molar-refractivity contribution >= 4 is 11.8 Å². The van der Waals surface area contributed by atoms with Gasteiger partial charge in [-0.05, 0) is 24.8 Å². The second-order valence-corrected chi connectivity index (χ2v) is 7.15. The zero-order chi connectivity index (χ0) is 16.9. The average Bonchev–Trinajstić information content (AvgIpc) is 3.25. The summed E-state index contributed by atoms with van der Waals surface area (Å²) in [5.41, 5.74) is 1.26. The van der Waals surface area contributed by atoms with Crippen molar-refractivity contribution in [2.45, 2.75) is 57.4 Å². The summed E-state index contributed by atoms with van der Waals surface area (Å²) in [6, 6.07) is 10.7. The Hall–Kier alpha value is -1.84. The Morgan fingerprint density at radius 2 is 1.96 bits per heavy atom. The quantitative estimate of drug-likeness (QED) is 0.872. The van der Waals surface area contributed by atoms with Gasteiger partial charge in [-0.3, -0.25) is 9.59 Å². The predicted molar refractivity (Wildman–Crippen MR) is 94.6 cm³/mol. The maximum atomic E-state index is 12.5. The molecule has 1 aliphatic carbocycles. The van der Waals surface area contributed by atoms with Gasteiger partial charge in [-0.15, -0.1) is 0 Å². The molecular weight excluding hydrogens is 300 g/mol. The van der Waals surface area contributed by atoms with Crippen molar-refractivity contribution in [3.8, 4) is 0 Å². The second-order valence-electron chi connectivity index (χ2n) is 7.15. The standard InChI is InChI=1S/C20H28N2O2/c1-2-15(16-8-4-3-5-9-16)13-21-20(24)17-12-19(23)22(14-17)18-10-6-7-11-18/h3-5,8-9,15,17-18H,2,6-7,10-14H2,1H3,(H,21,24)/t15-,17-/m0/s1. The van der Waals surface area contributed by atoms with Crippen LogP contribution in [0.5, 0.6) is 0 Å². The van der Waals surface area contributed by atoms with Gasteiger partial charge in [0.15, 0.2) is 0 Å². The Kier molecular flexibility index (Phi) is 5.54. The maximum Gasteiger partial charge on any atom is 0.225 e. The molecule has 1 heterocycles. The Balaban J connectivity index is 1.52. The predicted octanol–water partition coefficient (Wildman–Crippen LogP) is 3.09. The van der Waals surface area contributed by atoms with E-state index in [1.165, 1.54) is 18.4 Å². The third-order valence-corrected chi connectivity index (χ3v) is 5.58. The summed E-state index contributed by atoms with van der Waals surface area (Å²) >= 11 is 0. The van der Waals surface area contributed by atoms with E-state index in [2.05, 4.69) is 24.4 Å². The average molecular weight is 328 g/mol. The lowest BCUT2D eigenvalue weighted by molar-refractivity contribution is -0.130. The van der Waals surface area contributed by atoms with E-state index in [-0.39, 0.29) is 17.7 Å². The zero-order valence-corrected chi connectivity index (χ0v) is 14.5. The SMILES string of the molecule is CC[C@@H](CNC(=O)[C@H]1CC(=O)N(C2CCCC2)C1)c1ccccc1. The molecule has 0 spiro atoms. The monoisotopic (exact) mass is 328 g/mol. The minimum absolute atomic E-state index is 0.0400. The highest BCUT2D eigenvalue weighted by atomic mass is 16.2. The summed E-state index contributed by atoms with van der Waals surface area (Å²) in [7, 11) is 0. The Morgan fingerprint density at radius 1 is 1.25 bits per heavy atom. The van der Waals surface area contributed by atoms with E-state index in [1.807, 2.05) is 23.1 Å². The highest BCUT2D eigenvalue weighted by Crippen LogP contribution is 2.29. The number of hydrogen-bond donors (Lipinski definition) is 1. The van der Waals surface area contributed by atoms with Crippen LogP contribution in [-0.4, -0.2) is 35.8 Å². The van der Waals surface area contributed by atoms with Gasteiger partial charge < -0.3 is 10.2 Å². The van der Waals surface area contributed by atoms with Crippen LogP contribution in [0, 0.1) is 5.92 Å². The normalized spacial score (nSPS) is 22.8. The van der Waals surface area contributed by atoms with Gasteiger partial charge in [-0.25, -0.2) is 0 Å². The minimum Gasteiger partial charge on any atom is -0.355 e. The zero-order valence-electron chi connectivity index (χ0n) is 14.5. The van der Waals surface area contributed by atoms with Crippen molar-refractivity contribution in [3.63, 3.8) is 0 Å². The molecule has 0 radical (unpaired) electrons. The number of carbonyl (C=O) groups is 2. The van der Waals surface area contributed by atoms with Crippen LogP contribution in [-0.2, 0) is 9.59 Å². The lowest BCUT2D eigenvalue weighted by Crippen LogP contribution is -2.37. The number of nitrogens with zero attached hydrogens (tertiary/aromatic N) is 1. The lowest BCUT2D eigenvalue weighted by Gasteiger charge is -2.24. The van der Waals surface area contributed by atoms with Crippen LogP contribution in [0.25, 0.3) is 0 Å². The molecule has 1 aromatic carbocycles. The van der Waals surface area contributed by atoms with Gasteiger partial charge in [0.1, 0.15) is 0 Å². The van der Waals surface area contributed by atoms with Gasteiger partial charge in [0.2, 0.25) is 11.8 Å². The summed E-state index contributed by atoms with van der Waals surface area (Å²) in [5, 5.41) is 3.09. The molecule has 1 saturated carbocycles. The molecule has 0 aromatic heterocycles. The molecule has 1 aliphatic heterocycles. The Labute approximate surface area is 144 Å². The van der Waals surface area contributed by atoms with Crippen molar-refractivity contribution in [1.29, 1.82) is 0 Å². The Morgan fingerprint density at radius 3 is 2.62 bits per heavy atom. The number of carbonyl (C=O) groups excluding carboxylic acids is 2. The fourth-order valence-corrected chi connectivity index (χ4v) is 4.07. The van der Waals surface area contributed by atoms with Crippen molar-refractivity contribution < 1.29 is 9.59 Å². The van der Waals surface area contributed by atoms with Crippen LogP contribution in [0.1, 0.15) is 56.9 Å². The van der Waals surface area contributed by atoms with Crippen LogP contribution in [0.2, 0.25) is 0 Å². The highest BCUT2D eigenvalue weighted by molar-refractivity contribution is 5.89. The molecule has 1 aromatic rings. The first-order valence-corrected chi connectivity index (χ1v) is 9.31.